The molecule has 0 saturated heterocycles. The average Bonchev–Trinajstić information content (AvgIpc) is 2.77. The second kappa shape index (κ2) is 3.97. The van der Waals surface area contributed by atoms with Gasteiger partial charge in [-0.2, -0.15) is 5.26 Å². The number of nitrogens with one attached hydrogen (secondary N) is 1. The molecule has 4 heteroatoms. The van der Waals surface area contributed by atoms with Crippen LogP contribution < -0.4 is 0 Å². The van der Waals surface area contributed by atoms with Crippen LogP contribution in [0.1, 0.15) is 11.3 Å². The summed E-state index contributed by atoms with van der Waals surface area (Å²) in [7, 11) is 0. The summed E-state index contributed by atoms with van der Waals surface area (Å²) in [4.78, 5) is 11.7. The fraction of sp³-hybridized carbons (Fsp3) is 0.0714. The van der Waals surface area contributed by atoms with Crippen LogP contribution in [-0.2, 0) is 6.42 Å². The first kappa shape index (κ1) is 10.5. The van der Waals surface area contributed by atoms with Crippen LogP contribution in [-0.4, -0.2) is 15.0 Å². The minimum atomic E-state index is 0.632. The number of allylic oxidation sites excluding steroid dienone is 1. The zero-order valence-corrected chi connectivity index (χ0v) is 9.64. The Morgan fingerprint density at radius 3 is 3.06 bits per heavy atom. The van der Waals surface area contributed by atoms with Crippen molar-refractivity contribution in [3.05, 3.63) is 48.4 Å². The molecular weight excluding hydrogens is 224 g/mol. The second-order valence-corrected chi connectivity index (χ2v) is 4.03. The molecule has 2 aromatic heterocycles. The zero-order chi connectivity index (χ0) is 12.5. The molecule has 0 unspecified atom stereocenters. The third-order valence-electron chi connectivity index (χ3n) is 2.93. The largest absolute Gasteiger partial charge is 0.339 e. The van der Waals surface area contributed by atoms with Crippen molar-refractivity contribution < 1.29 is 0 Å². The molecule has 18 heavy (non-hydrogen) atoms. The van der Waals surface area contributed by atoms with E-state index in [1.54, 1.807) is 12.4 Å². The number of aromatic nitrogens is 3. The molecule has 0 saturated carbocycles. The number of benzene rings is 1. The van der Waals surface area contributed by atoms with E-state index in [0.717, 1.165) is 27.6 Å². The number of rotatable bonds is 2. The molecule has 0 aliphatic rings. The SMILES string of the molecule is C=CCc1ncnc2[nH]c3cc(C#N)ccc3c12. The molecule has 0 atom stereocenters. The monoisotopic (exact) mass is 234 g/mol. The smallest absolute Gasteiger partial charge is 0.142 e. The highest BCUT2D eigenvalue weighted by molar-refractivity contribution is 6.07. The number of aromatic amines is 1. The number of hydrogen-bond acceptors (Lipinski definition) is 3. The molecule has 0 fully saturated rings. The fourth-order valence-electron chi connectivity index (χ4n) is 2.15. The van der Waals surface area contributed by atoms with Gasteiger partial charge in [0.2, 0.25) is 0 Å². The van der Waals surface area contributed by atoms with Crippen LogP contribution in [0.15, 0.2) is 37.2 Å². The molecule has 0 radical (unpaired) electrons. The average molecular weight is 234 g/mol. The van der Waals surface area contributed by atoms with Gasteiger partial charge in [-0.15, -0.1) is 6.58 Å². The van der Waals surface area contributed by atoms with Gasteiger partial charge in [-0.1, -0.05) is 12.1 Å². The van der Waals surface area contributed by atoms with E-state index < -0.39 is 0 Å². The molecule has 0 aliphatic carbocycles. The van der Waals surface area contributed by atoms with Crippen LogP contribution >= 0.6 is 0 Å². The van der Waals surface area contributed by atoms with Gasteiger partial charge in [0.25, 0.3) is 0 Å². The number of hydrogen-bond donors (Lipinski definition) is 1. The Kier molecular flexibility index (Phi) is 2.31. The van der Waals surface area contributed by atoms with E-state index in [-0.39, 0.29) is 0 Å². The highest BCUT2D eigenvalue weighted by Gasteiger charge is 2.10. The molecule has 3 aromatic rings. The van der Waals surface area contributed by atoms with E-state index in [0.29, 0.717) is 12.0 Å². The Hall–Kier alpha value is -2.67. The van der Waals surface area contributed by atoms with Crippen LogP contribution in [0, 0.1) is 11.3 Å². The summed E-state index contributed by atoms with van der Waals surface area (Å²) in [6.45, 7) is 3.74. The highest BCUT2D eigenvalue weighted by atomic mass is 14.9. The molecule has 4 nitrogen and oxygen atoms in total. The summed E-state index contributed by atoms with van der Waals surface area (Å²) >= 11 is 0. The predicted octanol–water partition coefficient (Wildman–Crippen LogP) is 2.71. The first-order valence-electron chi connectivity index (χ1n) is 5.60. The molecule has 2 heterocycles. The maximum Gasteiger partial charge on any atom is 0.142 e. The van der Waals surface area contributed by atoms with Gasteiger partial charge in [-0.25, -0.2) is 9.97 Å². The lowest BCUT2D eigenvalue weighted by atomic mass is 10.1. The maximum absolute atomic E-state index is 8.91. The molecule has 3 rings (SSSR count). The molecular formula is C14H10N4. The number of nitriles is 1. The van der Waals surface area contributed by atoms with Gasteiger partial charge in [-0.05, 0) is 12.1 Å². The van der Waals surface area contributed by atoms with Crippen molar-refractivity contribution in [2.45, 2.75) is 6.42 Å². The van der Waals surface area contributed by atoms with E-state index in [2.05, 4.69) is 27.6 Å². The fourth-order valence-corrected chi connectivity index (χ4v) is 2.15. The Morgan fingerprint density at radius 1 is 1.39 bits per heavy atom. The van der Waals surface area contributed by atoms with Gasteiger partial charge >= 0.3 is 0 Å². The maximum atomic E-state index is 8.91. The molecule has 1 N–H and O–H groups in total. The predicted molar refractivity (Wildman–Crippen MR) is 70.0 cm³/mol. The van der Waals surface area contributed by atoms with Crippen molar-refractivity contribution in [2.24, 2.45) is 0 Å². The summed E-state index contributed by atoms with van der Waals surface area (Å²) in [6, 6.07) is 7.70. The van der Waals surface area contributed by atoms with Gasteiger partial charge in [0.1, 0.15) is 12.0 Å². The third-order valence-corrected chi connectivity index (χ3v) is 2.93. The van der Waals surface area contributed by atoms with E-state index in [1.807, 2.05) is 18.2 Å². The molecule has 86 valence electrons. The normalized spacial score (nSPS) is 10.6. The van der Waals surface area contributed by atoms with Crippen LogP contribution in [0.5, 0.6) is 0 Å². The van der Waals surface area contributed by atoms with Gasteiger partial charge in [0.05, 0.1) is 17.3 Å². The Labute approximate surface area is 104 Å². The molecule has 0 bridgehead atoms. The summed E-state index contributed by atoms with van der Waals surface area (Å²) in [5.74, 6) is 0. The molecule has 0 amide bonds. The minimum absolute atomic E-state index is 0.632. The second-order valence-electron chi connectivity index (χ2n) is 4.03. The summed E-state index contributed by atoms with van der Waals surface area (Å²) in [5, 5.41) is 11.0. The lowest BCUT2D eigenvalue weighted by Gasteiger charge is -1.98. The molecule has 0 spiro atoms. The van der Waals surface area contributed by atoms with Gasteiger partial charge in [-0.3, -0.25) is 0 Å². The van der Waals surface area contributed by atoms with Crippen molar-refractivity contribution in [2.75, 3.05) is 0 Å². The number of fused-ring (bicyclic) bond motifs is 3. The third kappa shape index (κ3) is 1.45. The van der Waals surface area contributed by atoms with E-state index >= 15 is 0 Å². The lowest BCUT2D eigenvalue weighted by Crippen LogP contribution is -1.90. The van der Waals surface area contributed by atoms with Crippen molar-refractivity contribution >= 4 is 21.9 Å². The van der Waals surface area contributed by atoms with E-state index in [1.165, 1.54) is 0 Å². The van der Waals surface area contributed by atoms with Gasteiger partial charge < -0.3 is 4.98 Å². The number of nitrogens with zero attached hydrogens (tertiary/aromatic N) is 3. The minimum Gasteiger partial charge on any atom is -0.339 e. The summed E-state index contributed by atoms with van der Waals surface area (Å²) in [5.41, 5.74) is 3.29. The first-order chi connectivity index (χ1) is 8.83. The van der Waals surface area contributed by atoms with Crippen LogP contribution in [0.2, 0.25) is 0 Å². The van der Waals surface area contributed by atoms with Crippen LogP contribution in [0.4, 0.5) is 0 Å². The van der Waals surface area contributed by atoms with Crippen molar-refractivity contribution in [3.8, 4) is 6.07 Å². The Morgan fingerprint density at radius 2 is 2.28 bits per heavy atom. The van der Waals surface area contributed by atoms with Crippen LogP contribution in [0.3, 0.4) is 0 Å². The zero-order valence-electron chi connectivity index (χ0n) is 9.64. The quantitative estimate of drug-likeness (QED) is 0.693. The first-order valence-corrected chi connectivity index (χ1v) is 5.60. The summed E-state index contributed by atoms with van der Waals surface area (Å²) < 4.78 is 0. The van der Waals surface area contributed by atoms with Crippen LogP contribution in [0.25, 0.3) is 21.9 Å². The van der Waals surface area contributed by atoms with Crippen molar-refractivity contribution in [1.29, 1.82) is 5.26 Å². The van der Waals surface area contributed by atoms with E-state index in [4.69, 9.17) is 5.26 Å². The van der Waals surface area contributed by atoms with Crippen molar-refractivity contribution in [1.82, 2.24) is 15.0 Å². The number of H-pyrrole nitrogens is 1. The molecule has 0 aliphatic heterocycles. The highest BCUT2D eigenvalue weighted by Crippen LogP contribution is 2.27. The summed E-state index contributed by atoms with van der Waals surface area (Å²) in [6.07, 6.45) is 4.07. The topological polar surface area (TPSA) is 65.4 Å². The van der Waals surface area contributed by atoms with Crippen molar-refractivity contribution in [3.63, 3.8) is 0 Å². The van der Waals surface area contributed by atoms with E-state index in [9.17, 15) is 0 Å². The Balaban J connectivity index is 2.41. The van der Waals surface area contributed by atoms with Gasteiger partial charge in [0, 0.05) is 22.7 Å². The van der Waals surface area contributed by atoms with Gasteiger partial charge in [0.15, 0.2) is 0 Å². The lowest BCUT2D eigenvalue weighted by molar-refractivity contribution is 1.09. The molecule has 1 aromatic carbocycles. The Bertz CT molecular complexity index is 793. The standard InChI is InChI=1S/C14H10N4/c1-2-3-11-13-10-5-4-9(7-15)6-12(10)18-14(13)17-8-16-11/h2,4-6,8H,1,3H2,(H,16,17,18).